The van der Waals surface area contributed by atoms with Crippen LogP contribution in [0.4, 0.5) is 28.4 Å². The molecule has 0 saturated carbocycles. The summed E-state index contributed by atoms with van der Waals surface area (Å²) < 4.78 is 9.87. The second kappa shape index (κ2) is 13.4. The van der Waals surface area contributed by atoms with Crippen molar-refractivity contribution >= 4 is 99.7 Å². The van der Waals surface area contributed by atoms with E-state index in [0.717, 1.165) is 21.9 Å². The number of hydrogen-bond donors (Lipinski definition) is 0. The Bertz CT molecular complexity index is 3840. The van der Waals surface area contributed by atoms with Crippen molar-refractivity contribution < 1.29 is 4.42 Å². The van der Waals surface area contributed by atoms with E-state index >= 15 is 0 Å². The van der Waals surface area contributed by atoms with Gasteiger partial charge in [0.05, 0.1) is 5.69 Å². The molecule has 0 amide bonds. The maximum atomic E-state index is 7.17. The van der Waals surface area contributed by atoms with Crippen molar-refractivity contribution in [3.63, 3.8) is 0 Å². The first-order valence-corrected chi connectivity index (χ1v) is 25.5. The van der Waals surface area contributed by atoms with Crippen LogP contribution in [-0.4, -0.2) is 6.85 Å². The normalized spacial score (nSPS) is 17.0. The largest absolute Gasteiger partial charge is 0.455 e. The Hall–Kier alpha value is -6.56. The van der Waals surface area contributed by atoms with Crippen LogP contribution in [0.25, 0.3) is 64.4 Å². The zero-order chi connectivity index (χ0) is 46.4. The van der Waals surface area contributed by atoms with Crippen LogP contribution in [0.1, 0.15) is 103 Å². The summed E-state index contributed by atoms with van der Waals surface area (Å²) in [4.78, 5) is 5.38. The molecule has 0 N–H and O–H groups in total. The Kier molecular flexibility index (Phi) is 7.96. The van der Waals surface area contributed by atoms with Crippen molar-refractivity contribution in [1.29, 1.82) is 0 Å². The molecule has 0 radical (unpaired) electrons. The maximum Gasteiger partial charge on any atom is 0.333 e. The van der Waals surface area contributed by atoms with Crippen molar-refractivity contribution in [3.05, 3.63) is 173 Å². The van der Waals surface area contributed by atoms with Gasteiger partial charge < -0.3 is 14.1 Å². The number of nitrogens with zero attached hydrogens (tertiary/aromatic N) is 2. The van der Waals surface area contributed by atoms with Crippen LogP contribution in [0.5, 0.6) is 0 Å². The van der Waals surface area contributed by atoms with E-state index in [2.05, 4.69) is 218 Å². The lowest BCUT2D eigenvalue weighted by molar-refractivity contribution is 0.332. The van der Waals surface area contributed by atoms with E-state index in [-0.39, 0.29) is 28.5 Å². The van der Waals surface area contributed by atoms with Gasteiger partial charge in [0.25, 0.3) is 0 Å². The van der Waals surface area contributed by atoms with Gasteiger partial charge in [0, 0.05) is 75.8 Å². The summed E-state index contributed by atoms with van der Waals surface area (Å²) in [6.45, 7) is 21.5. The van der Waals surface area contributed by atoms with Gasteiger partial charge in [-0.1, -0.05) is 159 Å². The molecule has 332 valence electrons. The molecule has 0 unspecified atom stereocenters. The Labute approximate surface area is 404 Å². The molecule has 4 aliphatic rings. The molecule has 0 bridgehead atoms. The summed E-state index contributed by atoms with van der Waals surface area (Å²) >= 11 is 1.97. The predicted molar refractivity (Wildman–Crippen MR) is 292 cm³/mol. The summed E-state index contributed by atoms with van der Waals surface area (Å²) in [5, 5.41) is 5.01. The highest BCUT2D eigenvalue weighted by molar-refractivity contribution is 7.26. The molecular formula is C63H55BN2OS. The number of anilines is 5. The molecule has 10 aromatic rings. The van der Waals surface area contributed by atoms with Crippen LogP contribution in [0.15, 0.2) is 150 Å². The van der Waals surface area contributed by atoms with E-state index in [1.165, 1.54) is 122 Å². The quantitative estimate of drug-likeness (QED) is 0.161. The molecule has 3 aliphatic heterocycles. The number of hydrogen-bond acceptors (Lipinski definition) is 4. The van der Waals surface area contributed by atoms with Gasteiger partial charge in [-0.3, -0.25) is 0 Å². The Balaban J connectivity index is 1.17. The summed E-state index contributed by atoms with van der Waals surface area (Å²) in [5.74, 6) is 0. The van der Waals surface area contributed by atoms with E-state index in [9.17, 15) is 0 Å². The van der Waals surface area contributed by atoms with Crippen molar-refractivity contribution in [2.24, 2.45) is 0 Å². The minimum absolute atomic E-state index is 0.0386. The molecule has 8 aromatic carbocycles. The Morgan fingerprint density at radius 1 is 0.544 bits per heavy atom. The van der Waals surface area contributed by atoms with E-state index in [1.54, 1.807) is 0 Å². The first kappa shape index (κ1) is 40.5. The molecule has 68 heavy (non-hydrogen) atoms. The summed E-state index contributed by atoms with van der Waals surface area (Å²) in [7, 11) is 0. The van der Waals surface area contributed by atoms with Gasteiger partial charge in [0.1, 0.15) is 11.2 Å². The number of thiophene rings is 1. The van der Waals surface area contributed by atoms with Crippen molar-refractivity contribution in [3.8, 4) is 22.3 Å². The van der Waals surface area contributed by atoms with Gasteiger partial charge in [-0.25, -0.2) is 0 Å². The van der Waals surface area contributed by atoms with Crippen molar-refractivity contribution in [2.45, 2.75) is 96.8 Å². The van der Waals surface area contributed by atoms with Crippen LogP contribution in [0.2, 0.25) is 0 Å². The number of para-hydroxylation sites is 3. The Morgan fingerprint density at radius 2 is 1.24 bits per heavy atom. The fraction of sp³-hybridized carbons (Fsp3) is 0.238. The van der Waals surface area contributed by atoms with E-state index in [4.69, 9.17) is 4.42 Å². The average molecular weight is 899 g/mol. The van der Waals surface area contributed by atoms with Gasteiger partial charge in [-0.2, -0.15) is 0 Å². The first-order valence-electron chi connectivity index (χ1n) is 24.7. The lowest BCUT2D eigenvalue weighted by Gasteiger charge is -2.51. The summed E-state index contributed by atoms with van der Waals surface area (Å²) in [6.07, 6.45) is 2.38. The molecular weight excluding hydrogens is 844 g/mol. The Morgan fingerprint density at radius 3 is 2.03 bits per heavy atom. The molecule has 5 heteroatoms. The molecule has 3 nitrogen and oxygen atoms in total. The van der Waals surface area contributed by atoms with Gasteiger partial charge in [0.2, 0.25) is 0 Å². The van der Waals surface area contributed by atoms with Crippen LogP contribution in [-0.2, 0) is 21.7 Å². The predicted octanol–water partition coefficient (Wildman–Crippen LogP) is 16.6. The van der Waals surface area contributed by atoms with Crippen molar-refractivity contribution in [2.75, 3.05) is 9.71 Å². The van der Waals surface area contributed by atoms with Gasteiger partial charge in [0.15, 0.2) is 0 Å². The molecule has 0 spiro atoms. The number of benzene rings is 8. The van der Waals surface area contributed by atoms with Crippen LogP contribution in [0.3, 0.4) is 0 Å². The minimum atomic E-state index is -0.226. The molecule has 2 aromatic heterocycles. The number of rotatable bonds is 2. The number of furan rings is 1. The third-order valence-corrected chi connectivity index (χ3v) is 17.9. The van der Waals surface area contributed by atoms with Crippen LogP contribution in [0, 0.1) is 0 Å². The van der Waals surface area contributed by atoms with Crippen LogP contribution < -0.4 is 20.6 Å². The van der Waals surface area contributed by atoms with Crippen LogP contribution >= 0.6 is 11.3 Å². The topological polar surface area (TPSA) is 19.6 Å². The second-order valence-electron chi connectivity index (χ2n) is 23.1. The third kappa shape index (κ3) is 5.32. The van der Waals surface area contributed by atoms with Gasteiger partial charge in [-0.05, 0) is 122 Å². The summed E-state index contributed by atoms with van der Waals surface area (Å²) in [6, 6.07) is 56.0. The monoisotopic (exact) mass is 898 g/mol. The lowest BCUT2D eigenvalue weighted by atomic mass is 9.42. The lowest BCUT2D eigenvalue weighted by Crippen LogP contribution is -2.63. The zero-order valence-electron chi connectivity index (χ0n) is 40.6. The maximum absolute atomic E-state index is 7.17. The molecule has 0 fully saturated rings. The smallest absolute Gasteiger partial charge is 0.333 e. The highest BCUT2D eigenvalue weighted by Gasteiger charge is 2.51. The molecule has 1 aliphatic carbocycles. The molecule has 14 rings (SSSR count). The van der Waals surface area contributed by atoms with E-state index < -0.39 is 0 Å². The molecule has 0 saturated heterocycles. The highest BCUT2D eigenvalue weighted by Crippen LogP contribution is 2.59. The third-order valence-electron chi connectivity index (χ3n) is 16.8. The van der Waals surface area contributed by atoms with Gasteiger partial charge in [-0.15, -0.1) is 11.3 Å². The zero-order valence-corrected chi connectivity index (χ0v) is 41.4. The molecule has 5 heterocycles. The standard InChI is InChI=1S/C63H55BN2OS/c1-60(2,3)37-26-27-49(40(30-37)36-18-11-10-12-19-36)65-51-35-55-42(41-31-46-47(34-54(41)68-55)62(6,7)29-28-61(46,4)5)32-48(51)64-57-52(65)33-43-38-20-13-16-25-53(38)67-59(43)56(57)39-21-17-23-45-58(39)66(64)50-24-15-14-22-44(50)63(45,8)9/h10-27,30-35H,28-29H2,1-9H3. The highest BCUT2D eigenvalue weighted by atomic mass is 32.1. The summed E-state index contributed by atoms with van der Waals surface area (Å²) in [5.41, 5.74) is 22.5. The van der Waals surface area contributed by atoms with Crippen molar-refractivity contribution in [1.82, 2.24) is 0 Å². The first-order chi connectivity index (χ1) is 32.6. The van der Waals surface area contributed by atoms with E-state index in [0.29, 0.717) is 0 Å². The second-order valence-corrected chi connectivity index (χ2v) is 24.2. The minimum Gasteiger partial charge on any atom is -0.455 e. The fourth-order valence-corrected chi connectivity index (χ4v) is 14.1. The average Bonchev–Trinajstić information content (AvgIpc) is 3.88. The molecule has 0 atom stereocenters. The SMILES string of the molecule is CC(C)(C)c1ccc(N2c3cc4sc5cc6c(cc5c4cc3B3c4c2cc2c(oc5ccccc52)c4-c2cccc4c2N3c2ccccc2C4(C)C)C(C)(C)CCC6(C)C)c(-c2ccccc2)c1. The fourth-order valence-electron chi connectivity index (χ4n) is 13.0. The number of fused-ring (bicyclic) bond motifs is 14. The van der Waals surface area contributed by atoms with E-state index in [1.807, 2.05) is 11.3 Å². The van der Waals surface area contributed by atoms with Gasteiger partial charge >= 0.3 is 6.85 Å².